The van der Waals surface area contributed by atoms with E-state index in [-0.39, 0.29) is 154 Å². The van der Waals surface area contributed by atoms with Gasteiger partial charge in [-0.3, -0.25) is 24.0 Å². The van der Waals surface area contributed by atoms with Crippen LogP contribution in [-0.4, -0.2) is 202 Å². The molecule has 0 radical (unpaired) electrons. The molecule has 28 nitrogen and oxygen atoms in total. The second-order valence-corrected chi connectivity index (χ2v) is 26.7. The van der Waals surface area contributed by atoms with Crippen LogP contribution in [0.25, 0.3) is 0 Å². The van der Waals surface area contributed by atoms with E-state index in [1.807, 2.05) is 23.5 Å². The van der Waals surface area contributed by atoms with Crippen molar-refractivity contribution in [3.63, 3.8) is 0 Å². The highest BCUT2D eigenvalue weighted by Gasteiger charge is 2.55. The molecule has 2 fully saturated rings. The van der Waals surface area contributed by atoms with E-state index in [2.05, 4.69) is 57.8 Å². The Morgan fingerprint density at radius 3 is 1.59 bits per heavy atom. The van der Waals surface area contributed by atoms with Crippen molar-refractivity contribution in [2.45, 2.75) is 98.6 Å². The van der Waals surface area contributed by atoms with Crippen LogP contribution < -0.4 is 64.1 Å². The van der Waals surface area contributed by atoms with E-state index in [0.29, 0.717) is 77.1 Å². The molecule has 10 rings (SSSR count). The van der Waals surface area contributed by atoms with Crippen molar-refractivity contribution < 1.29 is 72.2 Å². The number of nitrogens with zero attached hydrogens (tertiary/aromatic N) is 2. The first-order valence-corrected chi connectivity index (χ1v) is 34.6. The molecular weight excluding hydrogens is 1280 g/mol. The van der Waals surface area contributed by atoms with Crippen molar-refractivity contribution >= 4 is 82.7 Å². The molecule has 2 saturated heterocycles. The van der Waals surface area contributed by atoms with Gasteiger partial charge in [-0.05, 0) is 81.1 Å². The Kier molecular flexibility index (Phi) is 24.5. The Morgan fingerprint density at radius 2 is 1.07 bits per heavy atom. The number of esters is 1. The largest absolute Gasteiger partial charge is 0.508 e. The van der Waals surface area contributed by atoms with Crippen LogP contribution in [0.4, 0.5) is 10.5 Å². The molecule has 3 aromatic carbocycles. The first-order chi connectivity index (χ1) is 46.5. The van der Waals surface area contributed by atoms with Gasteiger partial charge < -0.3 is 98.0 Å². The Bertz CT molecular complexity index is 3360. The van der Waals surface area contributed by atoms with E-state index < -0.39 is 34.8 Å². The number of urea groups is 1. The van der Waals surface area contributed by atoms with E-state index in [4.69, 9.17) is 39.9 Å². The maximum Gasteiger partial charge on any atom is 0.340 e. The van der Waals surface area contributed by atoms with Crippen molar-refractivity contribution in [2.75, 3.05) is 109 Å². The molecule has 15 N–H and O–H groups in total. The Morgan fingerprint density at radius 1 is 0.604 bits per heavy atom. The minimum absolute atomic E-state index is 0.0611. The van der Waals surface area contributed by atoms with Gasteiger partial charge in [-0.1, -0.05) is 31.1 Å². The molecule has 7 unspecified atom stereocenters. The minimum atomic E-state index is -1.49. The van der Waals surface area contributed by atoms with E-state index in [9.17, 15) is 43.8 Å². The fourth-order valence-electron chi connectivity index (χ4n) is 12.3. The first kappa shape index (κ1) is 70.3. The summed E-state index contributed by atoms with van der Waals surface area (Å²) in [6.07, 6.45) is 12.7. The molecule has 516 valence electrons. The van der Waals surface area contributed by atoms with Crippen LogP contribution in [0.15, 0.2) is 100 Å². The maximum absolute atomic E-state index is 13.7. The molecule has 7 amide bonds. The lowest BCUT2D eigenvalue weighted by Crippen LogP contribution is -2.38. The monoisotopic (exact) mass is 1360 g/mol. The number of hydrogen-bond donors (Lipinski definition) is 13. The van der Waals surface area contributed by atoms with Crippen LogP contribution in [0.3, 0.4) is 0 Å². The van der Waals surface area contributed by atoms with Gasteiger partial charge in [0.2, 0.25) is 17.7 Å². The number of phenolic OH excluding ortho intramolecular Hbond substituents is 2. The van der Waals surface area contributed by atoms with Gasteiger partial charge in [-0.25, -0.2) is 19.6 Å². The average molecular weight is 1360 g/mol. The number of phenols is 2. The van der Waals surface area contributed by atoms with Crippen LogP contribution in [0.1, 0.15) is 90.1 Å². The van der Waals surface area contributed by atoms with Gasteiger partial charge >= 0.3 is 12.0 Å². The zero-order chi connectivity index (χ0) is 67.6. The topological polar surface area (TPSA) is 400 Å². The number of aromatic hydroxyl groups is 2. The van der Waals surface area contributed by atoms with Crippen LogP contribution >= 0.6 is 23.5 Å². The number of nitrogens with one attached hydrogen (secondary N) is 9. The molecule has 1 aliphatic carbocycles. The average Bonchev–Trinajstić information content (AvgIpc) is 1.47. The lowest BCUT2D eigenvalue weighted by molar-refractivity contribution is -0.145. The smallest absolute Gasteiger partial charge is 0.340 e. The fourth-order valence-corrected chi connectivity index (χ4v) is 15.3. The number of anilines is 1. The fraction of sp³-hybridized carbons (Fsp3) is 0.500. The standard InChI is InChI=1S/C66H85N13O15S2/c1-65(16-14-44-45(15-17-65)66(94-60(44)86)46-12-10-42(80)35-50(46)93-51-36-43(81)11-13-47(51)66)61(87)73-22-28-91-30-31-92-29-23-74-64(88)75-41-33-39(58(84)71-20-26-89-24-18-69-54(82)8-4-2-6-52-56-48(37-95-52)76-62(67)78-56)32-40(34-41)59(85)72-21-27-90-25-19-70-55(83)9-5-3-7-53-57-49(38-96-53)77-63(68)79-57/h10-17,32-36,48-49,52-53,56-57,80-81H,2-9,18-31,37-38H2,1H3,(H,69,82)(H,70,83)(H,71,84)(H,72,85)(H,73,87)(H3,67,76,78)(H3,68,77,79)(H2,74,75,88). The molecule has 7 aliphatic rings. The highest BCUT2D eigenvalue weighted by molar-refractivity contribution is 8.00. The van der Waals surface area contributed by atoms with E-state index in [1.165, 1.54) is 42.5 Å². The number of carbonyl (C=O) groups excluding carboxylic acids is 7. The van der Waals surface area contributed by atoms with Crippen molar-refractivity contribution in [1.29, 1.82) is 0 Å². The summed E-state index contributed by atoms with van der Waals surface area (Å²) in [4.78, 5) is 101. The third-order valence-electron chi connectivity index (χ3n) is 17.2. The number of ether oxygens (including phenoxy) is 6. The molecule has 1 spiro atoms. The molecule has 7 atom stereocenters. The minimum Gasteiger partial charge on any atom is -0.508 e. The second-order valence-electron chi connectivity index (χ2n) is 24.2. The van der Waals surface area contributed by atoms with Crippen molar-refractivity contribution in [2.24, 2.45) is 26.9 Å². The summed E-state index contributed by atoms with van der Waals surface area (Å²) in [7, 11) is 0. The van der Waals surface area contributed by atoms with Crippen LogP contribution in [0, 0.1) is 5.41 Å². The number of unbranched alkanes of at least 4 members (excludes halogenated alkanes) is 2. The third kappa shape index (κ3) is 18.1. The summed E-state index contributed by atoms with van der Waals surface area (Å²) in [6.45, 7) is 4.19. The number of nitrogens with two attached hydrogens (primary N) is 2. The Labute approximate surface area is 564 Å². The van der Waals surface area contributed by atoms with Crippen LogP contribution in [-0.2, 0) is 48.5 Å². The molecule has 96 heavy (non-hydrogen) atoms. The van der Waals surface area contributed by atoms with Gasteiger partial charge in [0, 0.05) is 120 Å². The van der Waals surface area contributed by atoms with Gasteiger partial charge in [0.1, 0.15) is 23.0 Å². The van der Waals surface area contributed by atoms with Crippen molar-refractivity contribution in [1.82, 2.24) is 42.5 Å². The number of thioether (sulfide) groups is 2. The Hall–Kier alpha value is -8.55. The lowest BCUT2D eigenvalue weighted by atomic mass is 9.76. The van der Waals surface area contributed by atoms with Crippen molar-refractivity contribution in [3.8, 4) is 23.0 Å². The van der Waals surface area contributed by atoms with Gasteiger partial charge in [-0.15, -0.1) is 0 Å². The predicted molar refractivity (Wildman–Crippen MR) is 361 cm³/mol. The molecule has 0 aromatic heterocycles. The molecular formula is C66H85N13O15S2. The van der Waals surface area contributed by atoms with Gasteiger partial charge in [-0.2, -0.15) is 23.5 Å². The number of fused-ring (bicyclic) bond motifs is 7. The molecule has 0 bridgehead atoms. The number of hydrogen-bond acceptors (Lipinski definition) is 23. The highest BCUT2D eigenvalue weighted by Crippen LogP contribution is 2.58. The van der Waals surface area contributed by atoms with E-state index in [1.54, 1.807) is 43.4 Å². The maximum atomic E-state index is 13.7. The third-order valence-corrected chi connectivity index (χ3v) is 20.2. The summed E-state index contributed by atoms with van der Waals surface area (Å²) < 4.78 is 34.9. The van der Waals surface area contributed by atoms with E-state index in [0.717, 1.165) is 50.0 Å². The van der Waals surface area contributed by atoms with E-state index >= 15 is 0 Å². The molecule has 6 heterocycles. The van der Waals surface area contributed by atoms with Crippen molar-refractivity contribution in [3.05, 3.63) is 112 Å². The number of benzene rings is 3. The zero-order valence-electron chi connectivity index (χ0n) is 53.5. The summed E-state index contributed by atoms with van der Waals surface area (Å²) in [6, 6.07) is 13.6. The molecule has 3 aromatic rings. The normalized spacial score (nSPS) is 21.9. The predicted octanol–water partition coefficient (Wildman–Crippen LogP) is 2.79. The Balaban J connectivity index is 0.616. The summed E-state index contributed by atoms with van der Waals surface area (Å²) >= 11 is 3.80. The number of carbonyl (C=O) groups is 7. The van der Waals surface area contributed by atoms with Gasteiger partial charge in [0.05, 0.1) is 88.0 Å². The molecule has 6 aliphatic heterocycles. The zero-order valence-corrected chi connectivity index (χ0v) is 55.1. The summed E-state index contributed by atoms with van der Waals surface area (Å²) in [5, 5.41) is 47.4. The quantitative estimate of drug-likeness (QED) is 0.0297. The first-order valence-electron chi connectivity index (χ1n) is 32.5. The number of aliphatic imine (C=N–C) groups is 2. The molecule has 0 saturated carbocycles. The summed E-state index contributed by atoms with van der Waals surface area (Å²) in [5.41, 5.74) is 11.0. The SMILES string of the molecule is CC1(C(=O)NCCOCCOCCNC(=O)Nc2cc(C(=O)NCCOCCNC(=O)CCCCC3SCC4NC(N)=NC43)cc(C(=O)NCCOCCNC(=O)CCCCC3SCC4NC(N)=NC43)c2)C=CC2=C(C=C1)C1(OC2=O)c2ccc(O)cc2Oc2cc(O)ccc21. The summed E-state index contributed by atoms with van der Waals surface area (Å²) in [5.74, 6) is 1.14. The number of guanidine groups is 2. The second kappa shape index (κ2) is 33.4. The number of rotatable bonds is 35. The van der Waals surface area contributed by atoms with Crippen LogP contribution in [0.2, 0.25) is 0 Å². The van der Waals surface area contributed by atoms with Gasteiger partial charge in [0.25, 0.3) is 11.8 Å². The number of amides is 7. The van der Waals surface area contributed by atoms with Gasteiger partial charge in [0.15, 0.2) is 17.5 Å². The lowest BCUT2D eigenvalue weighted by Gasteiger charge is -2.37. The van der Waals surface area contributed by atoms with Crippen LogP contribution in [0.5, 0.6) is 23.0 Å². The molecule has 30 heteroatoms. The highest BCUT2D eigenvalue weighted by atomic mass is 32.2.